The molecule has 0 spiro atoms. The van der Waals surface area contributed by atoms with E-state index in [0.717, 1.165) is 5.69 Å². The average Bonchev–Trinajstić information content (AvgIpc) is 2.57. The molecular weight excluding hydrogens is 354 g/mol. The smallest absolute Gasteiger partial charge is 0.872 e. The van der Waals surface area contributed by atoms with E-state index < -0.39 is 0 Å². The van der Waals surface area contributed by atoms with Gasteiger partial charge in [-0.2, -0.15) is 0 Å². The third-order valence-corrected chi connectivity index (χ3v) is 2.83. The first-order valence-corrected chi connectivity index (χ1v) is 6.88. The van der Waals surface area contributed by atoms with Crippen molar-refractivity contribution in [1.29, 1.82) is 0 Å². The minimum Gasteiger partial charge on any atom is -0.872 e. The Morgan fingerprint density at radius 2 is 1.42 bits per heavy atom. The largest absolute Gasteiger partial charge is 2.00 e. The number of hydrogen-bond acceptors (Lipinski definition) is 5. The second-order valence-electron chi connectivity index (χ2n) is 4.54. The van der Waals surface area contributed by atoms with Crippen LogP contribution in [0, 0.1) is 0 Å². The van der Waals surface area contributed by atoms with Crippen molar-refractivity contribution in [3.05, 3.63) is 78.6 Å². The summed E-state index contributed by atoms with van der Waals surface area (Å²) in [6.07, 6.45) is 4.74. The van der Waals surface area contributed by atoms with Crippen molar-refractivity contribution in [3.63, 3.8) is 0 Å². The van der Waals surface area contributed by atoms with E-state index in [1.54, 1.807) is 60.9 Å². The van der Waals surface area contributed by atoms with Gasteiger partial charge in [0.1, 0.15) is 0 Å². The number of nitrogens with two attached hydrogens (primary N) is 1. The van der Waals surface area contributed by atoms with Gasteiger partial charge in [-0.3, -0.25) is 9.98 Å². The molecule has 2 N–H and O–H groups in total. The van der Waals surface area contributed by atoms with Crippen LogP contribution in [-0.2, 0) is 17.1 Å². The van der Waals surface area contributed by atoms with E-state index in [4.69, 9.17) is 5.73 Å². The van der Waals surface area contributed by atoms with Crippen LogP contribution < -0.4 is 15.9 Å². The quantitative estimate of drug-likeness (QED) is 0.554. The summed E-state index contributed by atoms with van der Waals surface area (Å²) in [6, 6.07) is 16.5. The molecule has 0 amide bonds. The average molecular weight is 369 g/mol. The summed E-state index contributed by atoms with van der Waals surface area (Å²) in [4.78, 5) is 7.76. The van der Waals surface area contributed by atoms with Crippen molar-refractivity contribution in [3.8, 4) is 11.5 Å². The normalized spacial score (nSPS) is 9.67. The van der Waals surface area contributed by atoms with Crippen LogP contribution in [0.4, 0.5) is 11.4 Å². The summed E-state index contributed by atoms with van der Waals surface area (Å²) < 4.78 is 0. The molecule has 1 radical (unpaired) electrons. The van der Waals surface area contributed by atoms with Crippen LogP contribution in [0.5, 0.6) is 11.5 Å². The van der Waals surface area contributed by atoms with Gasteiger partial charge in [-0.15, -0.1) is 5.75 Å². The van der Waals surface area contributed by atoms with Crippen molar-refractivity contribution in [2.45, 2.75) is 0 Å². The second kappa shape index (κ2) is 10.0. The van der Waals surface area contributed by atoms with E-state index in [0.29, 0.717) is 11.3 Å². The molecule has 0 aliphatic carbocycles. The minimum absolute atomic E-state index is 0. The molecular formula is C18H15CuN3O2. The third kappa shape index (κ3) is 6.12. The fourth-order valence-corrected chi connectivity index (χ4v) is 1.65. The van der Waals surface area contributed by atoms with E-state index in [2.05, 4.69) is 9.98 Å². The molecule has 3 aromatic rings. The van der Waals surface area contributed by atoms with Gasteiger partial charge in [0.2, 0.25) is 0 Å². The molecule has 0 atom stereocenters. The molecule has 2 aromatic carbocycles. The summed E-state index contributed by atoms with van der Waals surface area (Å²) in [7, 11) is 0. The maximum absolute atomic E-state index is 11.4. The predicted octanol–water partition coefficient (Wildman–Crippen LogP) is 2.25. The van der Waals surface area contributed by atoms with Crippen LogP contribution in [0.3, 0.4) is 0 Å². The van der Waals surface area contributed by atoms with E-state index in [-0.39, 0.29) is 28.6 Å². The Kier molecular flexibility index (Phi) is 8.05. The fourth-order valence-electron chi connectivity index (χ4n) is 1.65. The van der Waals surface area contributed by atoms with Crippen LogP contribution in [0.2, 0.25) is 0 Å². The van der Waals surface area contributed by atoms with Crippen molar-refractivity contribution >= 4 is 17.6 Å². The Balaban J connectivity index is 0.000000304. The van der Waals surface area contributed by atoms with Gasteiger partial charge < -0.3 is 15.9 Å². The molecule has 0 saturated heterocycles. The molecule has 0 bridgehead atoms. The molecule has 1 heterocycles. The van der Waals surface area contributed by atoms with Gasteiger partial charge in [0.25, 0.3) is 0 Å². The Morgan fingerprint density at radius 3 is 1.96 bits per heavy atom. The van der Waals surface area contributed by atoms with E-state index >= 15 is 0 Å². The van der Waals surface area contributed by atoms with Crippen LogP contribution in [-0.4, -0.2) is 11.2 Å². The molecule has 1 aromatic heterocycles. The zero-order valence-electron chi connectivity index (χ0n) is 12.6. The molecule has 0 saturated carbocycles. The number of benzene rings is 2. The van der Waals surface area contributed by atoms with Gasteiger partial charge in [-0.1, -0.05) is 48.2 Å². The summed E-state index contributed by atoms with van der Waals surface area (Å²) in [6.45, 7) is 0. The monoisotopic (exact) mass is 368 g/mol. The van der Waals surface area contributed by atoms with Crippen molar-refractivity contribution in [1.82, 2.24) is 4.98 Å². The van der Waals surface area contributed by atoms with Gasteiger partial charge in [0.05, 0.1) is 5.69 Å². The molecule has 0 aliphatic heterocycles. The van der Waals surface area contributed by atoms with E-state index in [1.807, 2.05) is 0 Å². The second-order valence-corrected chi connectivity index (χ2v) is 4.54. The summed E-state index contributed by atoms with van der Waals surface area (Å²) in [5, 5.41) is 22.7. The number of para-hydroxylation sites is 3. The Hall–Kier alpha value is -2.82. The van der Waals surface area contributed by atoms with Crippen molar-refractivity contribution in [2.24, 2.45) is 4.99 Å². The van der Waals surface area contributed by atoms with Crippen LogP contribution in [0.1, 0.15) is 5.56 Å². The standard InChI is InChI=1S/C13H11NO2.C5H6N2.Cu/c15-12-7-3-1-5-10(12)9-14-11-6-2-4-8-13(11)16;6-5-1-3-7-4-2-5;/h1-9,15-16H;1-4H,(H2,6,7);/q;;+2/p-2. The number of aromatic nitrogens is 1. The molecule has 6 heteroatoms. The molecule has 5 nitrogen and oxygen atoms in total. The van der Waals surface area contributed by atoms with Gasteiger partial charge in [0, 0.05) is 24.3 Å². The Morgan fingerprint density at radius 1 is 0.833 bits per heavy atom. The van der Waals surface area contributed by atoms with E-state index in [9.17, 15) is 10.2 Å². The molecule has 0 aliphatic rings. The van der Waals surface area contributed by atoms with Crippen LogP contribution >= 0.6 is 0 Å². The number of nitrogens with zero attached hydrogens (tertiary/aromatic N) is 2. The first-order chi connectivity index (χ1) is 11.2. The SMILES string of the molecule is Nc1ccncc1.[Cu+2].[O-]c1ccccc1C=Nc1ccccc1[O-]. The first kappa shape index (κ1) is 19.2. The molecule has 24 heavy (non-hydrogen) atoms. The van der Waals surface area contributed by atoms with E-state index in [1.165, 1.54) is 18.3 Å². The Labute approximate surface area is 151 Å². The van der Waals surface area contributed by atoms with Gasteiger partial charge >= 0.3 is 17.1 Å². The number of anilines is 1. The summed E-state index contributed by atoms with van der Waals surface area (Å²) >= 11 is 0. The van der Waals surface area contributed by atoms with Gasteiger partial charge in [0.15, 0.2) is 0 Å². The number of aliphatic imine (C=N–C) groups is 1. The molecule has 0 unspecified atom stereocenters. The fraction of sp³-hybridized carbons (Fsp3) is 0. The van der Waals surface area contributed by atoms with Crippen molar-refractivity contribution in [2.75, 3.05) is 5.73 Å². The predicted molar refractivity (Wildman–Crippen MR) is 87.7 cm³/mol. The minimum atomic E-state index is -0.151. The van der Waals surface area contributed by atoms with Gasteiger partial charge in [-0.25, -0.2) is 0 Å². The maximum Gasteiger partial charge on any atom is 2.00 e. The topological polar surface area (TPSA) is 97.4 Å². The first-order valence-electron chi connectivity index (χ1n) is 6.88. The van der Waals surface area contributed by atoms with Crippen molar-refractivity contribution < 1.29 is 27.3 Å². The van der Waals surface area contributed by atoms with Crippen LogP contribution in [0.15, 0.2) is 78.0 Å². The van der Waals surface area contributed by atoms with Crippen LogP contribution in [0.25, 0.3) is 0 Å². The van der Waals surface area contributed by atoms with Gasteiger partial charge in [-0.05, 0) is 23.8 Å². The third-order valence-electron chi connectivity index (χ3n) is 2.83. The Bertz CT molecular complexity index is 732. The molecule has 0 fully saturated rings. The number of nitrogen functional groups attached to an aromatic ring is 1. The maximum atomic E-state index is 11.4. The zero-order valence-corrected chi connectivity index (χ0v) is 13.5. The summed E-state index contributed by atoms with van der Waals surface area (Å²) in [5.41, 5.74) is 6.89. The zero-order chi connectivity index (χ0) is 16.5. The number of rotatable bonds is 2. The molecule has 3 rings (SSSR count). The number of hydrogen-bond donors (Lipinski definition) is 1. The molecule has 125 valence electrons. The number of pyridine rings is 1. The summed E-state index contributed by atoms with van der Waals surface area (Å²) in [5.74, 6) is -0.253.